The molecule has 1 amide bonds. The number of hydrogen-bond donors (Lipinski definition) is 1. The maximum atomic E-state index is 13.9. The highest BCUT2D eigenvalue weighted by molar-refractivity contribution is 5.88. The van der Waals surface area contributed by atoms with Crippen LogP contribution in [0.5, 0.6) is 5.75 Å². The van der Waals surface area contributed by atoms with Crippen molar-refractivity contribution in [1.82, 2.24) is 39.3 Å². The lowest BCUT2D eigenvalue weighted by Crippen LogP contribution is -2.51. The maximum absolute atomic E-state index is 13.9. The molecular weight excluding hydrogens is 589 g/mol. The minimum absolute atomic E-state index is 0.00991. The lowest BCUT2D eigenvalue weighted by molar-refractivity contribution is -0.127. The van der Waals surface area contributed by atoms with E-state index in [-0.39, 0.29) is 41.0 Å². The number of benzene rings is 1. The molecule has 45 heavy (non-hydrogen) atoms. The summed E-state index contributed by atoms with van der Waals surface area (Å²) in [5, 5.41) is 19.9. The average Bonchev–Trinajstić information content (AvgIpc) is 3.61. The van der Waals surface area contributed by atoms with E-state index in [1.54, 1.807) is 12.1 Å². The number of imidazole rings is 1. The van der Waals surface area contributed by atoms with Gasteiger partial charge in [0.05, 0.1) is 29.1 Å². The van der Waals surface area contributed by atoms with Crippen LogP contribution in [-0.2, 0) is 10.4 Å². The average molecular weight is 625 g/mol. The first-order valence-electron chi connectivity index (χ1n) is 14.9. The van der Waals surface area contributed by atoms with Gasteiger partial charge in [-0.2, -0.15) is 8.78 Å². The number of nitrogens with zero attached hydrogens (tertiary/aromatic N) is 8. The summed E-state index contributed by atoms with van der Waals surface area (Å²) in [4.78, 5) is 24.2. The number of pyridine rings is 1. The van der Waals surface area contributed by atoms with Gasteiger partial charge in [-0.05, 0) is 62.9 Å². The van der Waals surface area contributed by atoms with E-state index >= 15 is 0 Å². The number of rotatable bonds is 10. The predicted octanol–water partition coefficient (Wildman–Crippen LogP) is 4.10. The van der Waals surface area contributed by atoms with Crippen LogP contribution in [0.4, 0.5) is 13.2 Å². The highest BCUT2D eigenvalue weighted by atomic mass is 19.3. The summed E-state index contributed by atoms with van der Waals surface area (Å²) in [7, 11) is 0. The lowest BCUT2D eigenvalue weighted by Gasteiger charge is -2.42. The quantitative estimate of drug-likeness (QED) is 0.263. The molecule has 3 aromatic heterocycles. The van der Waals surface area contributed by atoms with E-state index in [0.29, 0.717) is 21.7 Å². The Balaban J connectivity index is 1.18. The second kappa shape index (κ2) is 12.2. The summed E-state index contributed by atoms with van der Waals surface area (Å²) in [5.41, 5.74) is 0.830. The molecule has 0 aliphatic carbocycles. The molecule has 238 valence electrons. The molecule has 5 heterocycles. The van der Waals surface area contributed by atoms with E-state index in [9.17, 15) is 23.1 Å². The fourth-order valence-electron chi connectivity index (χ4n) is 6.15. The van der Waals surface area contributed by atoms with Crippen LogP contribution < -0.4 is 4.74 Å². The smallest absolute Gasteiger partial charge is 0.320 e. The number of alkyl halides is 2. The summed E-state index contributed by atoms with van der Waals surface area (Å²) in [6, 6.07) is 5.91. The van der Waals surface area contributed by atoms with E-state index in [0.717, 1.165) is 63.8 Å². The Morgan fingerprint density at radius 1 is 1.22 bits per heavy atom. The lowest BCUT2D eigenvalue weighted by atomic mass is 9.94. The van der Waals surface area contributed by atoms with Crippen molar-refractivity contribution >= 4 is 16.9 Å². The van der Waals surface area contributed by atoms with Crippen LogP contribution in [0.15, 0.2) is 49.4 Å². The summed E-state index contributed by atoms with van der Waals surface area (Å²) >= 11 is 0. The normalized spacial score (nSPS) is 17.9. The zero-order valence-electron chi connectivity index (χ0n) is 25.1. The third-order valence-corrected chi connectivity index (χ3v) is 8.73. The molecule has 2 aliphatic heterocycles. The van der Waals surface area contributed by atoms with Gasteiger partial charge in [0.2, 0.25) is 5.91 Å². The van der Waals surface area contributed by atoms with Crippen molar-refractivity contribution in [2.24, 2.45) is 5.92 Å². The molecule has 1 atom stereocenters. The van der Waals surface area contributed by atoms with Crippen LogP contribution >= 0.6 is 0 Å². The first-order valence-corrected chi connectivity index (χ1v) is 14.9. The molecule has 11 nitrogen and oxygen atoms in total. The molecule has 2 aliphatic rings. The highest BCUT2D eigenvalue weighted by Gasteiger charge is 2.34. The van der Waals surface area contributed by atoms with Crippen LogP contribution in [0.1, 0.15) is 43.7 Å². The Morgan fingerprint density at radius 3 is 2.64 bits per heavy atom. The zero-order chi connectivity index (χ0) is 31.9. The van der Waals surface area contributed by atoms with Gasteiger partial charge in [-0.25, -0.2) is 14.1 Å². The summed E-state index contributed by atoms with van der Waals surface area (Å²) in [5.74, 6) is 0.0456. The molecular formula is C31H35F3N8O3. The molecule has 4 aromatic rings. The van der Waals surface area contributed by atoms with E-state index < -0.39 is 18.0 Å². The number of aromatic nitrogens is 6. The van der Waals surface area contributed by atoms with Crippen molar-refractivity contribution in [1.29, 1.82) is 0 Å². The topological polar surface area (TPSA) is 114 Å². The second-order valence-electron chi connectivity index (χ2n) is 12.0. The molecule has 2 fully saturated rings. The first kappa shape index (κ1) is 30.7. The summed E-state index contributed by atoms with van der Waals surface area (Å²) < 4.78 is 49.7. The third-order valence-electron chi connectivity index (χ3n) is 8.73. The van der Waals surface area contributed by atoms with Gasteiger partial charge in [0.15, 0.2) is 0 Å². The molecule has 0 radical (unpaired) electrons. The summed E-state index contributed by atoms with van der Waals surface area (Å²) in [6.45, 7) is 7.86. The highest BCUT2D eigenvalue weighted by Crippen LogP contribution is 2.36. The van der Waals surface area contributed by atoms with Gasteiger partial charge in [0, 0.05) is 38.3 Å². The SMILES string of the molecule is C=CC(=O)N1CCC(CN2CC(n3nnc(-c4cc(OCC(C)(O)c5ccc(F)cn5)c5c(c4)ncn5C(F)F)c3C)C2)CC1. The van der Waals surface area contributed by atoms with E-state index in [4.69, 9.17) is 4.74 Å². The number of piperidine rings is 1. The van der Waals surface area contributed by atoms with Crippen LogP contribution in [0, 0.1) is 18.7 Å². The molecule has 1 N–H and O–H groups in total. The Bertz CT molecular complexity index is 1690. The van der Waals surface area contributed by atoms with Crippen molar-refractivity contribution in [3.8, 4) is 17.0 Å². The van der Waals surface area contributed by atoms with Gasteiger partial charge in [-0.15, -0.1) is 5.10 Å². The number of fused-ring (bicyclic) bond motifs is 1. The van der Waals surface area contributed by atoms with Crippen molar-refractivity contribution in [2.45, 2.75) is 44.9 Å². The fourth-order valence-corrected chi connectivity index (χ4v) is 6.15. The van der Waals surface area contributed by atoms with E-state index in [2.05, 4.69) is 31.8 Å². The number of amides is 1. The summed E-state index contributed by atoms with van der Waals surface area (Å²) in [6.07, 6.45) is 5.34. The Morgan fingerprint density at radius 2 is 1.98 bits per heavy atom. The Hall–Kier alpha value is -4.30. The zero-order valence-corrected chi connectivity index (χ0v) is 25.1. The number of carbonyl (C=O) groups is 1. The minimum atomic E-state index is -2.87. The van der Waals surface area contributed by atoms with Crippen molar-refractivity contribution < 1.29 is 27.8 Å². The number of likely N-dealkylation sites (tertiary alicyclic amines) is 2. The molecule has 14 heteroatoms. The fraction of sp³-hybridized carbons (Fsp3) is 0.452. The first-order chi connectivity index (χ1) is 21.5. The van der Waals surface area contributed by atoms with Crippen LogP contribution in [0.2, 0.25) is 0 Å². The van der Waals surface area contributed by atoms with Crippen LogP contribution in [0.3, 0.4) is 0 Å². The molecule has 0 spiro atoms. The largest absolute Gasteiger partial charge is 0.488 e. The van der Waals surface area contributed by atoms with Gasteiger partial charge in [-0.3, -0.25) is 19.2 Å². The molecule has 1 unspecified atom stereocenters. The number of ether oxygens (including phenoxy) is 1. The van der Waals surface area contributed by atoms with Gasteiger partial charge in [0.1, 0.15) is 41.3 Å². The maximum Gasteiger partial charge on any atom is 0.320 e. The van der Waals surface area contributed by atoms with Crippen molar-refractivity contribution in [2.75, 3.05) is 39.3 Å². The standard InChI is InChI=1S/C31H35F3N8O3/c1-4-27(43)40-9-7-20(8-10-40)14-39-15-23(16-39)42-19(2)28(37-38-42)21-11-24-29(41(18-36-24)30(33)34)25(12-21)45-17-31(3,44)26-6-5-22(32)13-35-26/h4-6,11-13,18,20,23,30,44H,1,7-10,14-17H2,2-3H3. The second-order valence-corrected chi connectivity index (χ2v) is 12.0. The molecule has 1 aromatic carbocycles. The van der Waals surface area contributed by atoms with Crippen LogP contribution in [0.25, 0.3) is 22.3 Å². The van der Waals surface area contributed by atoms with Gasteiger partial charge in [0.25, 0.3) is 0 Å². The number of aliphatic hydroxyl groups is 1. The van der Waals surface area contributed by atoms with Crippen molar-refractivity contribution in [3.63, 3.8) is 0 Å². The van der Waals surface area contributed by atoms with Gasteiger partial charge >= 0.3 is 6.55 Å². The van der Waals surface area contributed by atoms with Crippen molar-refractivity contribution in [3.05, 3.63) is 66.6 Å². The monoisotopic (exact) mass is 624 g/mol. The number of hydrogen-bond acceptors (Lipinski definition) is 8. The third kappa shape index (κ3) is 6.16. The van der Waals surface area contributed by atoms with Gasteiger partial charge in [-0.1, -0.05) is 11.8 Å². The molecule has 2 saturated heterocycles. The Labute approximate surface area is 257 Å². The molecule has 0 saturated carbocycles. The molecule has 0 bridgehead atoms. The number of halogens is 3. The molecule has 6 rings (SSSR count). The van der Waals surface area contributed by atoms with E-state index in [1.165, 1.54) is 25.1 Å². The number of carbonyl (C=O) groups excluding carboxylic acids is 1. The Kier molecular flexibility index (Phi) is 8.35. The van der Waals surface area contributed by atoms with E-state index in [1.807, 2.05) is 16.5 Å². The van der Waals surface area contributed by atoms with Gasteiger partial charge < -0.3 is 14.7 Å². The predicted molar refractivity (Wildman–Crippen MR) is 159 cm³/mol. The minimum Gasteiger partial charge on any atom is -0.488 e. The van der Waals surface area contributed by atoms with Crippen LogP contribution in [-0.4, -0.2) is 89.7 Å².